The van der Waals surface area contributed by atoms with Crippen LogP contribution in [-0.2, 0) is 0 Å². The summed E-state index contributed by atoms with van der Waals surface area (Å²) in [7, 11) is 1.65. The average Bonchev–Trinajstić information content (AvgIpc) is 3.24. The number of aromatic carboxylic acids is 1. The molecule has 3 aromatic carbocycles. The first-order chi connectivity index (χ1) is 13.6. The summed E-state index contributed by atoms with van der Waals surface area (Å²) in [5.74, 6) is 0.320. The average molecular weight is 371 g/mol. The van der Waals surface area contributed by atoms with E-state index in [0.29, 0.717) is 11.4 Å². The van der Waals surface area contributed by atoms with Gasteiger partial charge in [0.1, 0.15) is 12.1 Å². The maximum Gasteiger partial charge on any atom is 0.335 e. The van der Waals surface area contributed by atoms with E-state index in [9.17, 15) is 4.79 Å². The van der Waals surface area contributed by atoms with Gasteiger partial charge in [-0.05, 0) is 47.5 Å². The Hall–Kier alpha value is -3.93. The van der Waals surface area contributed by atoms with Gasteiger partial charge in [0.15, 0.2) is 5.82 Å². The van der Waals surface area contributed by atoms with Gasteiger partial charge in [-0.1, -0.05) is 36.4 Å². The van der Waals surface area contributed by atoms with Gasteiger partial charge in [-0.2, -0.15) is 0 Å². The van der Waals surface area contributed by atoms with Gasteiger partial charge in [0.25, 0.3) is 0 Å². The lowest BCUT2D eigenvalue weighted by molar-refractivity contribution is 0.0697. The standard InChI is InChI=1S/C22H17N3O3/c1-28-20-11-7-16(8-12-20)15-5-9-19(10-6-15)25-14-23-21(24-25)17-3-2-4-18(13-17)22(26)27/h2-14H,1H3,(H,26,27). The number of hydrogen-bond donors (Lipinski definition) is 1. The van der Waals surface area contributed by atoms with Crippen molar-refractivity contribution in [1.82, 2.24) is 14.8 Å². The normalized spacial score (nSPS) is 10.6. The van der Waals surface area contributed by atoms with Crippen LogP contribution in [0, 0.1) is 0 Å². The molecule has 0 fully saturated rings. The zero-order chi connectivity index (χ0) is 19.5. The molecule has 1 N–H and O–H groups in total. The van der Waals surface area contributed by atoms with Crippen molar-refractivity contribution in [2.24, 2.45) is 0 Å². The highest BCUT2D eigenvalue weighted by atomic mass is 16.5. The molecule has 0 atom stereocenters. The van der Waals surface area contributed by atoms with E-state index in [-0.39, 0.29) is 5.56 Å². The lowest BCUT2D eigenvalue weighted by atomic mass is 10.1. The monoisotopic (exact) mass is 371 g/mol. The summed E-state index contributed by atoms with van der Waals surface area (Å²) in [4.78, 5) is 15.5. The van der Waals surface area contributed by atoms with E-state index < -0.39 is 5.97 Å². The fraction of sp³-hybridized carbons (Fsp3) is 0.0455. The number of carboxylic acid groups (broad SMARTS) is 1. The first-order valence-corrected chi connectivity index (χ1v) is 8.64. The Balaban J connectivity index is 1.58. The maximum atomic E-state index is 11.1. The summed E-state index contributed by atoms with van der Waals surface area (Å²) >= 11 is 0. The second-order valence-electron chi connectivity index (χ2n) is 6.17. The molecule has 4 rings (SSSR count). The molecule has 1 aromatic heterocycles. The largest absolute Gasteiger partial charge is 0.497 e. The van der Waals surface area contributed by atoms with Crippen molar-refractivity contribution in [3.8, 4) is 34.0 Å². The van der Waals surface area contributed by atoms with E-state index in [2.05, 4.69) is 10.1 Å². The van der Waals surface area contributed by atoms with Gasteiger partial charge in [-0.3, -0.25) is 0 Å². The van der Waals surface area contributed by atoms with E-state index in [4.69, 9.17) is 9.84 Å². The second-order valence-corrected chi connectivity index (χ2v) is 6.17. The number of rotatable bonds is 5. The number of aromatic nitrogens is 3. The molecule has 0 bridgehead atoms. The van der Waals surface area contributed by atoms with E-state index in [1.807, 2.05) is 48.5 Å². The predicted molar refractivity (Wildman–Crippen MR) is 106 cm³/mol. The summed E-state index contributed by atoms with van der Waals surface area (Å²) in [5.41, 5.74) is 3.91. The van der Waals surface area contributed by atoms with Crippen molar-refractivity contribution in [2.75, 3.05) is 7.11 Å². The topological polar surface area (TPSA) is 77.2 Å². The lowest BCUT2D eigenvalue weighted by Crippen LogP contribution is -1.97. The number of ether oxygens (including phenoxy) is 1. The van der Waals surface area contributed by atoms with Gasteiger partial charge < -0.3 is 9.84 Å². The number of hydrogen-bond acceptors (Lipinski definition) is 4. The van der Waals surface area contributed by atoms with Gasteiger partial charge in [0.05, 0.1) is 18.4 Å². The van der Waals surface area contributed by atoms with Gasteiger partial charge in [0, 0.05) is 5.56 Å². The van der Waals surface area contributed by atoms with E-state index in [1.165, 1.54) is 0 Å². The zero-order valence-electron chi connectivity index (χ0n) is 15.1. The summed E-state index contributed by atoms with van der Waals surface area (Å²) < 4.78 is 6.86. The fourth-order valence-electron chi connectivity index (χ4n) is 2.90. The Labute approximate surface area is 161 Å². The third kappa shape index (κ3) is 3.48. The third-order valence-electron chi connectivity index (χ3n) is 4.41. The first-order valence-electron chi connectivity index (χ1n) is 8.64. The highest BCUT2D eigenvalue weighted by Gasteiger charge is 2.09. The van der Waals surface area contributed by atoms with Crippen LogP contribution in [0.1, 0.15) is 10.4 Å². The van der Waals surface area contributed by atoms with Crippen molar-refractivity contribution in [3.63, 3.8) is 0 Å². The van der Waals surface area contributed by atoms with Gasteiger partial charge in [0.2, 0.25) is 0 Å². The Morgan fingerprint density at radius 1 is 0.929 bits per heavy atom. The Morgan fingerprint density at radius 3 is 2.25 bits per heavy atom. The first kappa shape index (κ1) is 17.5. The number of methoxy groups -OCH3 is 1. The van der Waals surface area contributed by atoms with Gasteiger partial charge in [-0.15, -0.1) is 5.10 Å². The molecule has 0 amide bonds. The summed E-state index contributed by atoms with van der Waals surface area (Å²) in [5, 5.41) is 13.6. The summed E-state index contributed by atoms with van der Waals surface area (Å²) in [6.07, 6.45) is 1.62. The Morgan fingerprint density at radius 2 is 1.61 bits per heavy atom. The van der Waals surface area contributed by atoms with Crippen LogP contribution in [0.3, 0.4) is 0 Å². The molecule has 1 heterocycles. The molecule has 0 aliphatic heterocycles. The highest BCUT2D eigenvalue weighted by Crippen LogP contribution is 2.24. The summed E-state index contributed by atoms with van der Waals surface area (Å²) in [6, 6.07) is 22.4. The fourth-order valence-corrected chi connectivity index (χ4v) is 2.90. The van der Waals surface area contributed by atoms with Crippen molar-refractivity contribution in [1.29, 1.82) is 0 Å². The van der Waals surface area contributed by atoms with Crippen molar-refractivity contribution >= 4 is 5.97 Å². The minimum absolute atomic E-state index is 0.206. The maximum absolute atomic E-state index is 11.1. The predicted octanol–water partition coefficient (Wildman–Crippen LogP) is 4.31. The Bertz CT molecular complexity index is 1120. The SMILES string of the molecule is COc1ccc(-c2ccc(-n3cnc(-c4cccc(C(=O)O)c4)n3)cc2)cc1. The smallest absolute Gasteiger partial charge is 0.335 e. The summed E-state index contributed by atoms with van der Waals surface area (Å²) in [6.45, 7) is 0. The molecule has 0 aliphatic rings. The number of benzene rings is 3. The molecule has 0 unspecified atom stereocenters. The zero-order valence-corrected chi connectivity index (χ0v) is 15.1. The van der Waals surface area contributed by atoms with Crippen LogP contribution in [0.2, 0.25) is 0 Å². The van der Waals surface area contributed by atoms with Gasteiger partial charge >= 0.3 is 5.97 Å². The minimum Gasteiger partial charge on any atom is -0.497 e. The molecule has 6 nitrogen and oxygen atoms in total. The number of nitrogens with zero attached hydrogens (tertiary/aromatic N) is 3. The van der Waals surface area contributed by atoms with Crippen LogP contribution < -0.4 is 4.74 Å². The Kier molecular flexibility index (Phi) is 4.60. The highest BCUT2D eigenvalue weighted by molar-refractivity contribution is 5.89. The van der Waals surface area contributed by atoms with Gasteiger partial charge in [-0.25, -0.2) is 14.5 Å². The van der Waals surface area contributed by atoms with E-state index >= 15 is 0 Å². The van der Waals surface area contributed by atoms with Crippen LogP contribution >= 0.6 is 0 Å². The molecule has 0 saturated carbocycles. The molecule has 0 aliphatic carbocycles. The quantitative estimate of drug-likeness (QED) is 0.566. The molecule has 138 valence electrons. The van der Waals surface area contributed by atoms with Crippen molar-refractivity contribution in [3.05, 3.63) is 84.7 Å². The molecule has 0 radical (unpaired) electrons. The molecular weight excluding hydrogens is 354 g/mol. The molecule has 28 heavy (non-hydrogen) atoms. The van der Waals surface area contributed by atoms with Crippen LogP contribution in [0.25, 0.3) is 28.2 Å². The molecule has 0 spiro atoms. The molecule has 0 saturated heterocycles. The van der Waals surface area contributed by atoms with Crippen LogP contribution in [0.5, 0.6) is 5.75 Å². The number of carbonyl (C=O) groups is 1. The minimum atomic E-state index is -0.976. The van der Waals surface area contributed by atoms with E-state index in [0.717, 1.165) is 22.6 Å². The van der Waals surface area contributed by atoms with Crippen LogP contribution in [0.4, 0.5) is 0 Å². The van der Waals surface area contributed by atoms with Crippen molar-refractivity contribution < 1.29 is 14.6 Å². The second kappa shape index (κ2) is 7.36. The van der Waals surface area contributed by atoms with E-state index in [1.54, 1.807) is 42.4 Å². The molecule has 6 heteroatoms. The van der Waals surface area contributed by atoms with Crippen molar-refractivity contribution in [2.45, 2.75) is 0 Å². The van der Waals surface area contributed by atoms with Crippen LogP contribution in [0.15, 0.2) is 79.1 Å². The molecule has 4 aromatic rings. The lowest BCUT2D eigenvalue weighted by Gasteiger charge is -2.05. The molecular formula is C22H17N3O3. The number of carboxylic acids is 1. The third-order valence-corrected chi connectivity index (χ3v) is 4.41. The van der Waals surface area contributed by atoms with Crippen LogP contribution in [-0.4, -0.2) is 33.0 Å².